The molecule has 110 valence electrons. The quantitative estimate of drug-likeness (QED) is 0.906. The number of hydrogen-bond acceptors (Lipinski definition) is 2. The van der Waals surface area contributed by atoms with E-state index in [0.29, 0.717) is 11.6 Å². The number of anilines is 1. The summed E-state index contributed by atoms with van der Waals surface area (Å²) in [5.74, 6) is -0.860. The van der Waals surface area contributed by atoms with Crippen molar-refractivity contribution in [2.24, 2.45) is 0 Å². The van der Waals surface area contributed by atoms with Crippen molar-refractivity contribution >= 4 is 23.3 Å². The van der Waals surface area contributed by atoms with Gasteiger partial charge in [-0.2, -0.15) is 0 Å². The fourth-order valence-corrected chi connectivity index (χ4v) is 2.55. The first-order valence-corrected chi connectivity index (χ1v) is 7.12. The van der Waals surface area contributed by atoms with Gasteiger partial charge in [0.15, 0.2) is 0 Å². The lowest BCUT2D eigenvalue weighted by molar-refractivity contribution is -0.135. The summed E-state index contributed by atoms with van der Waals surface area (Å²) in [4.78, 5) is 13.0. The van der Waals surface area contributed by atoms with Crippen molar-refractivity contribution in [3.05, 3.63) is 64.2 Å². The van der Waals surface area contributed by atoms with Crippen LogP contribution >= 0.6 is 11.6 Å². The Labute approximate surface area is 129 Å². The van der Waals surface area contributed by atoms with E-state index in [4.69, 9.17) is 16.7 Å². The Bertz CT molecular complexity index is 635. The van der Waals surface area contributed by atoms with Crippen molar-refractivity contribution < 1.29 is 9.90 Å². The van der Waals surface area contributed by atoms with Gasteiger partial charge in [-0.15, -0.1) is 0 Å². The molecule has 0 unspecified atom stereocenters. The molecule has 21 heavy (non-hydrogen) atoms. The lowest BCUT2D eigenvalue weighted by Gasteiger charge is -2.25. The van der Waals surface area contributed by atoms with Gasteiger partial charge in [-0.05, 0) is 48.7 Å². The lowest BCUT2D eigenvalue weighted by atomic mass is 10.0. The monoisotopic (exact) mass is 303 g/mol. The molecule has 2 aromatic rings. The molecule has 2 aromatic carbocycles. The predicted molar refractivity (Wildman–Crippen MR) is 86.1 cm³/mol. The van der Waals surface area contributed by atoms with Gasteiger partial charge in [-0.25, -0.2) is 0 Å². The largest absolute Gasteiger partial charge is 0.480 e. The van der Waals surface area contributed by atoms with Gasteiger partial charge in [0, 0.05) is 17.3 Å². The zero-order valence-electron chi connectivity index (χ0n) is 12.1. The standard InChI is InChI=1S/C17H18ClNO2/c1-12-5-3-6-13(2)16(12)10-19(11-17(20)21)15-8-4-7-14(18)9-15/h3-9H,10-11H2,1-2H3,(H,20,21). The first kappa shape index (κ1) is 15.4. The minimum absolute atomic E-state index is 0.0614. The first-order valence-electron chi connectivity index (χ1n) is 6.75. The number of nitrogens with zero attached hydrogens (tertiary/aromatic N) is 1. The number of benzene rings is 2. The predicted octanol–water partition coefficient (Wildman–Crippen LogP) is 4.05. The third-order valence-electron chi connectivity index (χ3n) is 3.49. The molecular weight excluding hydrogens is 286 g/mol. The van der Waals surface area contributed by atoms with Crippen LogP contribution < -0.4 is 4.90 Å². The minimum atomic E-state index is -0.860. The molecule has 0 aromatic heterocycles. The SMILES string of the molecule is Cc1cccc(C)c1CN(CC(=O)O)c1cccc(Cl)c1. The maximum atomic E-state index is 11.2. The normalized spacial score (nSPS) is 10.4. The molecule has 0 spiro atoms. The Hall–Kier alpha value is -2.00. The molecule has 0 amide bonds. The third-order valence-corrected chi connectivity index (χ3v) is 3.73. The van der Waals surface area contributed by atoms with E-state index < -0.39 is 5.97 Å². The maximum Gasteiger partial charge on any atom is 0.323 e. The van der Waals surface area contributed by atoms with Gasteiger partial charge in [0.2, 0.25) is 0 Å². The lowest BCUT2D eigenvalue weighted by Crippen LogP contribution is -2.29. The number of carboxylic acids is 1. The Kier molecular flexibility index (Phi) is 4.86. The molecule has 0 fully saturated rings. The van der Waals surface area contributed by atoms with Crippen molar-refractivity contribution in [2.45, 2.75) is 20.4 Å². The van der Waals surface area contributed by atoms with Gasteiger partial charge in [-0.3, -0.25) is 4.79 Å². The van der Waals surface area contributed by atoms with Crippen LogP contribution in [0.1, 0.15) is 16.7 Å². The summed E-state index contributed by atoms with van der Waals surface area (Å²) in [6.07, 6.45) is 0. The smallest absolute Gasteiger partial charge is 0.323 e. The first-order chi connectivity index (χ1) is 9.97. The number of hydrogen-bond donors (Lipinski definition) is 1. The summed E-state index contributed by atoms with van der Waals surface area (Å²) in [5.41, 5.74) is 4.28. The van der Waals surface area contributed by atoms with Gasteiger partial charge in [0.1, 0.15) is 6.54 Å². The molecule has 3 nitrogen and oxygen atoms in total. The molecule has 0 aliphatic rings. The molecule has 0 heterocycles. The molecule has 0 atom stereocenters. The Morgan fingerprint density at radius 3 is 2.33 bits per heavy atom. The molecular formula is C17H18ClNO2. The molecule has 0 bridgehead atoms. The number of halogens is 1. The van der Waals surface area contributed by atoms with Crippen LogP contribution in [-0.2, 0) is 11.3 Å². The fraction of sp³-hybridized carbons (Fsp3) is 0.235. The van der Waals surface area contributed by atoms with Crippen LogP contribution in [0.2, 0.25) is 5.02 Å². The Balaban J connectivity index is 2.35. The van der Waals surface area contributed by atoms with Crippen LogP contribution in [0.5, 0.6) is 0 Å². The van der Waals surface area contributed by atoms with E-state index in [-0.39, 0.29) is 6.54 Å². The molecule has 0 saturated carbocycles. The van der Waals surface area contributed by atoms with Crippen LogP contribution in [0.4, 0.5) is 5.69 Å². The van der Waals surface area contributed by atoms with Gasteiger partial charge in [0.25, 0.3) is 0 Å². The van der Waals surface area contributed by atoms with Gasteiger partial charge in [-0.1, -0.05) is 35.9 Å². The average molecular weight is 304 g/mol. The van der Waals surface area contributed by atoms with E-state index >= 15 is 0 Å². The number of aliphatic carboxylic acids is 1. The highest BCUT2D eigenvalue weighted by Gasteiger charge is 2.14. The second kappa shape index (κ2) is 6.64. The molecule has 0 aliphatic carbocycles. The van der Waals surface area contributed by atoms with Gasteiger partial charge in [0.05, 0.1) is 0 Å². The molecule has 0 radical (unpaired) electrons. The summed E-state index contributed by atoms with van der Waals surface area (Å²) in [6.45, 7) is 4.57. The zero-order chi connectivity index (χ0) is 15.4. The van der Waals surface area contributed by atoms with Crippen LogP contribution in [0.25, 0.3) is 0 Å². The van der Waals surface area contributed by atoms with E-state index in [1.165, 1.54) is 0 Å². The van der Waals surface area contributed by atoms with Gasteiger partial charge < -0.3 is 10.0 Å². The molecule has 2 rings (SSSR count). The maximum absolute atomic E-state index is 11.2. The Morgan fingerprint density at radius 1 is 1.14 bits per heavy atom. The summed E-state index contributed by atoms with van der Waals surface area (Å²) < 4.78 is 0. The summed E-state index contributed by atoms with van der Waals surface area (Å²) in [6, 6.07) is 13.4. The molecule has 0 aliphatic heterocycles. The zero-order valence-corrected chi connectivity index (χ0v) is 12.9. The minimum Gasteiger partial charge on any atom is -0.480 e. The summed E-state index contributed by atoms with van der Waals surface area (Å²) in [7, 11) is 0. The van der Waals surface area contributed by atoms with Crippen molar-refractivity contribution in [1.29, 1.82) is 0 Å². The van der Waals surface area contributed by atoms with E-state index in [9.17, 15) is 4.79 Å². The highest BCUT2D eigenvalue weighted by atomic mass is 35.5. The average Bonchev–Trinajstić information content (AvgIpc) is 2.41. The fourth-order valence-electron chi connectivity index (χ4n) is 2.36. The van der Waals surface area contributed by atoms with Crippen molar-refractivity contribution in [1.82, 2.24) is 0 Å². The van der Waals surface area contributed by atoms with E-state index in [1.54, 1.807) is 12.1 Å². The number of carboxylic acid groups (broad SMARTS) is 1. The Morgan fingerprint density at radius 2 is 1.76 bits per heavy atom. The second-order valence-electron chi connectivity index (χ2n) is 5.10. The van der Waals surface area contributed by atoms with Crippen LogP contribution in [-0.4, -0.2) is 17.6 Å². The second-order valence-corrected chi connectivity index (χ2v) is 5.54. The van der Waals surface area contributed by atoms with E-state index in [1.807, 2.05) is 49.1 Å². The third kappa shape index (κ3) is 3.99. The summed E-state index contributed by atoms with van der Waals surface area (Å²) >= 11 is 6.02. The highest BCUT2D eigenvalue weighted by Crippen LogP contribution is 2.23. The number of rotatable bonds is 5. The number of aryl methyl sites for hydroxylation is 2. The van der Waals surface area contributed by atoms with Crippen LogP contribution in [0.3, 0.4) is 0 Å². The van der Waals surface area contributed by atoms with Crippen LogP contribution in [0.15, 0.2) is 42.5 Å². The van der Waals surface area contributed by atoms with E-state index in [0.717, 1.165) is 22.4 Å². The van der Waals surface area contributed by atoms with Crippen molar-refractivity contribution in [2.75, 3.05) is 11.4 Å². The van der Waals surface area contributed by atoms with Crippen LogP contribution in [0, 0.1) is 13.8 Å². The van der Waals surface area contributed by atoms with Crippen molar-refractivity contribution in [3.8, 4) is 0 Å². The van der Waals surface area contributed by atoms with E-state index in [2.05, 4.69) is 0 Å². The molecule has 1 N–H and O–H groups in total. The summed E-state index contributed by atoms with van der Waals surface area (Å²) in [5, 5.41) is 9.76. The molecule has 4 heteroatoms. The van der Waals surface area contributed by atoms with Crippen molar-refractivity contribution in [3.63, 3.8) is 0 Å². The topological polar surface area (TPSA) is 40.5 Å². The van der Waals surface area contributed by atoms with Gasteiger partial charge >= 0.3 is 5.97 Å². The molecule has 0 saturated heterocycles. The highest BCUT2D eigenvalue weighted by molar-refractivity contribution is 6.30. The number of carbonyl (C=O) groups is 1.